The number of para-hydroxylation sites is 1. The minimum absolute atomic E-state index is 0.377. The summed E-state index contributed by atoms with van der Waals surface area (Å²) in [5, 5.41) is 7.38. The lowest BCUT2D eigenvalue weighted by Crippen LogP contribution is -2.32. The standard InChI is InChI=1S/C63H46N2/c1-63(2)57-26-12-13-27-58(57)65(62-55-24-11-9-20-47(55)36-41-56(62)50-31-30-44-18-6-7-21-49(44)42-50)60-29-15-28-59(61(60)63)64(51-37-32-45(33-38-51)43-16-4-3-5-17-43)52-39-34-48(35-40-52)54-25-14-22-46-19-8-10-23-53(46)54/h3-42H,1-2H3. The lowest BCUT2D eigenvalue weighted by Gasteiger charge is -2.45. The van der Waals surface area contributed by atoms with Gasteiger partial charge in [0.1, 0.15) is 0 Å². The Hall–Kier alpha value is -8.20. The Bertz CT molecular complexity index is 3560. The Morgan fingerprint density at radius 3 is 1.66 bits per heavy atom. The van der Waals surface area contributed by atoms with Crippen LogP contribution < -0.4 is 9.80 Å². The lowest BCUT2D eigenvalue weighted by molar-refractivity contribution is 0.632. The third-order valence-corrected chi connectivity index (χ3v) is 13.6. The summed E-state index contributed by atoms with van der Waals surface area (Å²) in [5.41, 5.74) is 16.2. The summed E-state index contributed by atoms with van der Waals surface area (Å²) < 4.78 is 0. The zero-order valence-electron chi connectivity index (χ0n) is 36.5. The van der Waals surface area contributed by atoms with Crippen molar-refractivity contribution in [3.8, 4) is 33.4 Å². The summed E-state index contributed by atoms with van der Waals surface area (Å²) >= 11 is 0. The molecule has 308 valence electrons. The number of benzene rings is 11. The van der Waals surface area contributed by atoms with Crippen molar-refractivity contribution in [3.63, 3.8) is 0 Å². The van der Waals surface area contributed by atoms with Crippen molar-refractivity contribution in [2.24, 2.45) is 0 Å². The van der Waals surface area contributed by atoms with E-state index in [0.717, 1.165) is 17.1 Å². The lowest BCUT2D eigenvalue weighted by atomic mass is 9.72. The van der Waals surface area contributed by atoms with E-state index in [-0.39, 0.29) is 5.41 Å². The summed E-state index contributed by atoms with van der Waals surface area (Å²) in [4.78, 5) is 5.04. The predicted octanol–water partition coefficient (Wildman–Crippen LogP) is 17.7. The highest BCUT2D eigenvalue weighted by Crippen LogP contribution is 2.58. The predicted molar refractivity (Wildman–Crippen MR) is 277 cm³/mol. The molecule has 1 heterocycles. The van der Waals surface area contributed by atoms with Gasteiger partial charge in [-0.05, 0) is 109 Å². The molecular formula is C63H46N2. The average Bonchev–Trinajstić information content (AvgIpc) is 3.37. The van der Waals surface area contributed by atoms with Crippen molar-refractivity contribution in [3.05, 3.63) is 254 Å². The van der Waals surface area contributed by atoms with E-state index in [4.69, 9.17) is 0 Å². The highest BCUT2D eigenvalue weighted by atomic mass is 15.2. The second-order valence-electron chi connectivity index (χ2n) is 17.7. The third-order valence-electron chi connectivity index (χ3n) is 13.6. The van der Waals surface area contributed by atoms with E-state index in [0.29, 0.717) is 0 Å². The average molecular weight is 831 g/mol. The number of fused-ring (bicyclic) bond motifs is 5. The highest BCUT2D eigenvalue weighted by Gasteiger charge is 2.41. The number of anilines is 6. The third kappa shape index (κ3) is 6.49. The fourth-order valence-electron chi connectivity index (χ4n) is 10.5. The van der Waals surface area contributed by atoms with Gasteiger partial charge in [-0.2, -0.15) is 0 Å². The molecule has 0 spiro atoms. The van der Waals surface area contributed by atoms with E-state index < -0.39 is 0 Å². The van der Waals surface area contributed by atoms with Crippen LogP contribution in [0.4, 0.5) is 34.1 Å². The molecule has 0 aliphatic carbocycles. The van der Waals surface area contributed by atoms with Crippen molar-refractivity contribution in [1.82, 2.24) is 0 Å². The largest absolute Gasteiger partial charge is 0.310 e. The second kappa shape index (κ2) is 15.6. The Kier molecular flexibility index (Phi) is 9.21. The molecule has 1 aliphatic rings. The molecule has 2 heteroatoms. The van der Waals surface area contributed by atoms with Crippen LogP contribution in [-0.2, 0) is 5.41 Å². The van der Waals surface area contributed by atoms with Gasteiger partial charge < -0.3 is 9.80 Å². The first-order valence-corrected chi connectivity index (χ1v) is 22.6. The van der Waals surface area contributed by atoms with Crippen LogP contribution in [0.2, 0.25) is 0 Å². The molecule has 0 amide bonds. The molecule has 2 nitrogen and oxygen atoms in total. The SMILES string of the molecule is CC1(C)c2ccccc2N(c2c(-c3ccc4ccccc4c3)ccc3ccccc23)c2cccc(N(c3ccc(-c4ccccc4)cc3)c3ccc(-c4cccc5ccccc45)cc3)c21. The number of hydrogen-bond acceptors (Lipinski definition) is 2. The molecule has 0 radical (unpaired) electrons. The van der Waals surface area contributed by atoms with Crippen LogP contribution in [-0.4, -0.2) is 0 Å². The minimum Gasteiger partial charge on any atom is -0.310 e. The molecule has 0 atom stereocenters. The molecule has 65 heavy (non-hydrogen) atoms. The smallest absolute Gasteiger partial charge is 0.0618 e. The first-order valence-electron chi connectivity index (χ1n) is 22.6. The van der Waals surface area contributed by atoms with Gasteiger partial charge >= 0.3 is 0 Å². The summed E-state index contributed by atoms with van der Waals surface area (Å²) in [6, 6.07) is 89.1. The Morgan fingerprint density at radius 1 is 0.354 bits per heavy atom. The Balaban J connectivity index is 1.10. The van der Waals surface area contributed by atoms with Gasteiger partial charge in [-0.1, -0.05) is 208 Å². The maximum atomic E-state index is 2.56. The van der Waals surface area contributed by atoms with E-state index in [1.54, 1.807) is 0 Å². The number of rotatable bonds is 7. The molecule has 0 fully saturated rings. The Morgan fingerprint density at radius 2 is 0.892 bits per heavy atom. The zero-order valence-corrected chi connectivity index (χ0v) is 36.5. The van der Waals surface area contributed by atoms with Gasteiger partial charge in [0.25, 0.3) is 0 Å². The maximum Gasteiger partial charge on any atom is 0.0618 e. The Labute approximate surface area is 380 Å². The van der Waals surface area contributed by atoms with Gasteiger partial charge in [-0.3, -0.25) is 0 Å². The van der Waals surface area contributed by atoms with Crippen LogP contribution in [0, 0.1) is 0 Å². The van der Waals surface area contributed by atoms with Gasteiger partial charge in [-0.15, -0.1) is 0 Å². The molecule has 0 unspecified atom stereocenters. The van der Waals surface area contributed by atoms with E-state index >= 15 is 0 Å². The minimum atomic E-state index is -0.377. The first-order chi connectivity index (χ1) is 32.0. The topological polar surface area (TPSA) is 6.48 Å². The maximum absolute atomic E-state index is 2.56. The van der Waals surface area contributed by atoms with Gasteiger partial charge in [-0.25, -0.2) is 0 Å². The molecule has 1 aliphatic heterocycles. The second-order valence-corrected chi connectivity index (χ2v) is 17.7. The number of nitrogens with zero attached hydrogens (tertiary/aromatic N) is 2. The van der Waals surface area contributed by atoms with Crippen LogP contribution in [0.25, 0.3) is 65.7 Å². The van der Waals surface area contributed by atoms with Crippen LogP contribution in [0.1, 0.15) is 25.0 Å². The highest BCUT2D eigenvalue weighted by molar-refractivity contribution is 6.09. The molecule has 11 aromatic carbocycles. The van der Waals surface area contributed by atoms with Gasteiger partial charge in [0.15, 0.2) is 0 Å². The van der Waals surface area contributed by atoms with E-state index in [1.807, 2.05) is 0 Å². The monoisotopic (exact) mass is 830 g/mol. The fraction of sp³-hybridized carbons (Fsp3) is 0.0476. The molecule has 0 aromatic heterocycles. The molecule has 0 saturated carbocycles. The fourth-order valence-corrected chi connectivity index (χ4v) is 10.5. The molecule has 11 aromatic rings. The first kappa shape index (κ1) is 38.5. The zero-order chi connectivity index (χ0) is 43.5. The molecular weight excluding hydrogens is 785 g/mol. The molecule has 0 bridgehead atoms. The van der Waals surface area contributed by atoms with Crippen molar-refractivity contribution in [2.75, 3.05) is 9.80 Å². The number of hydrogen-bond donors (Lipinski definition) is 0. The van der Waals surface area contributed by atoms with Crippen LogP contribution in [0.5, 0.6) is 0 Å². The van der Waals surface area contributed by atoms with Crippen LogP contribution in [0.3, 0.4) is 0 Å². The van der Waals surface area contributed by atoms with Crippen molar-refractivity contribution >= 4 is 66.4 Å². The summed E-state index contributed by atoms with van der Waals surface area (Å²) in [5.74, 6) is 0. The van der Waals surface area contributed by atoms with E-state index in [1.165, 1.54) is 93.9 Å². The van der Waals surface area contributed by atoms with Gasteiger partial charge in [0.05, 0.1) is 22.7 Å². The van der Waals surface area contributed by atoms with Gasteiger partial charge in [0, 0.05) is 33.3 Å². The molecule has 0 saturated heterocycles. The normalized spacial score (nSPS) is 12.9. The van der Waals surface area contributed by atoms with Gasteiger partial charge in [0.2, 0.25) is 0 Å². The van der Waals surface area contributed by atoms with Crippen molar-refractivity contribution < 1.29 is 0 Å². The van der Waals surface area contributed by atoms with Crippen LogP contribution in [0.15, 0.2) is 243 Å². The van der Waals surface area contributed by atoms with E-state index in [2.05, 4.69) is 266 Å². The summed E-state index contributed by atoms with van der Waals surface area (Å²) in [7, 11) is 0. The van der Waals surface area contributed by atoms with Crippen LogP contribution >= 0.6 is 0 Å². The van der Waals surface area contributed by atoms with E-state index in [9.17, 15) is 0 Å². The van der Waals surface area contributed by atoms with Crippen molar-refractivity contribution in [2.45, 2.75) is 19.3 Å². The molecule has 0 N–H and O–H groups in total. The van der Waals surface area contributed by atoms with Crippen molar-refractivity contribution in [1.29, 1.82) is 0 Å². The summed E-state index contributed by atoms with van der Waals surface area (Å²) in [6.45, 7) is 4.80. The summed E-state index contributed by atoms with van der Waals surface area (Å²) in [6.07, 6.45) is 0. The molecule has 12 rings (SSSR count). The quantitative estimate of drug-likeness (QED) is 0.158.